The van der Waals surface area contributed by atoms with E-state index in [0.29, 0.717) is 5.88 Å². The van der Waals surface area contributed by atoms with Crippen molar-refractivity contribution in [2.24, 2.45) is 5.73 Å². The fourth-order valence-electron chi connectivity index (χ4n) is 0.829. The minimum absolute atomic E-state index is 0.562. The molecule has 0 aromatic heterocycles. The van der Waals surface area contributed by atoms with Crippen LogP contribution in [0.5, 0.6) is 0 Å². The Kier molecular flexibility index (Phi) is 2.99. The second-order valence-corrected chi connectivity index (χ2v) is 2.50. The summed E-state index contributed by atoms with van der Waals surface area (Å²) in [5.41, 5.74) is 7.45. The quantitative estimate of drug-likeness (QED) is 0.673. The smallest absolute Gasteiger partial charge is 0.0474 e. The zero-order chi connectivity index (χ0) is 8.10. The molecule has 0 atom stereocenters. The van der Waals surface area contributed by atoms with E-state index in [1.54, 1.807) is 0 Å². The standard InChI is InChI=1S/C9H10ClN/c10-7-9-3-1-8(2-4-9)5-6-11/h1-6H,7,11H2. The molecule has 0 amide bonds. The second-order valence-electron chi connectivity index (χ2n) is 2.23. The minimum Gasteiger partial charge on any atom is -0.405 e. The van der Waals surface area contributed by atoms with E-state index in [4.69, 9.17) is 17.3 Å². The molecule has 0 radical (unpaired) electrons. The molecule has 2 heteroatoms. The first-order chi connectivity index (χ1) is 5.36. The Balaban J connectivity index is 2.82. The van der Waals surface area contributed by atoms with Crippen molar-refractivity contribution >= 4 is 17.7 Å². The van der Waals surface area contributed by atoms with E-state index in [9.17, 15) is 0 Å². The van der Waals surface area contributed by atoms with Crippen LogP contribution in [-0.4, -0.2) is 0 Å². The van der Waals surface area contributed by atoms with Crippen molar-refractivity contribution in [2.45, 2.75) is 5.88 Å². The molecule has 0 saturated carbocycles. The van der Waals surface area contributed by atoms with E-state index in [1.807, 2.05) is 30.3 Å². The Bertz CT molecular complexity index is 238. The van der Waals surface area contributed by atoms with Gasteiger partial charge in [-0.1, -0.05) is 24.3 Å². The number of hydrogen-bond donors (Lipinski definition) is 1. The van der Waals surface area contributed by atoms with E-state index < -0.39 is 0 Å². The van der Waals surface area contributed by atoms with Gasteiger partial charge in [-0.25, -0.2) is 0 Å². The van der Waals surface area contributed by atoms with Crippen molar-refractivity contribution in [2.75, 3.05) is 0 Å². The van der Waals surface area contributed by atoms with E-state index >= 15 is 0 Å². The Morgan fingerprint density at radius 2 is 1.91 bits per heavy atom. The second kappa shape index (κ2) is 4.04. The highest BCUT2D eigenvalue weighted by Crippen LogP contribution is 2.07. The van der Waals surface area contributed by atoms with Gasteiger partial charge in [-0.3, -0.25) is 0 Å². The molecule has 0 aliphatic rings. The van der Waals surface area contributed by atoms with Crippen LogP contribution >= 0.6 is 11.6 Å². The third kappa shape index (κ3) is 2.28. The molecule has 0 saturated heterocycles. The Hall–Kier alpha value is -0.950. The van der Waals surface area contributed by atoms with Crippen molar-refractivity contribution in [3.05, 3.63) is 41.6 Å². The highest BCUT2D eigenvalue weighted by molar-refractivity contribution is 6.17. The molecule has 11 heavy (non-hydrogen) atoms. The number of alkyl halides is 1. The lowest BCUT2D eigenvalue weighted by Crippen LogP contribution is -1.79. The Morgan fingerprint density at radius 1 is 1.27 bits per heavy atom. The lowest BCUT2D eigenvalue weighted by Gasteiger charge is -1.94. The van der Waals surface area contributed by atoms with Gasteiger partial charge in [0.25, 0.3) is 0 Å². The van der Waals surface area contributed by atoms with Crippen LogP contribution in [0.3, 0.4) is 0 Å². The zero-order valence-electron chi connectivity index (χ0n) is 6.13. The molecule has 0 fully saturated rings. The Morgan fingerprint density at radius 3 is 2.36 bits per heavy atom. The maximum Gasteiger partial charge on any atom is 0.0474 e. The topological polar surface area (TPSA) is 26.0 Å². The predicted octanol–water partition coefficient (Wildman–Crippen LogP) is 2.35. The van der Waals surface area contributed by atoms with Crippen LogP contribution in [0.2, 0.25) is 0 Å². The van der Waals surface area contributed by atoms with Crippen molar-refractivity contribution in [1.82, 2.24) is 0 Å². The summed E-state index contributed by atoms with van der Waals surface area (Å²) in [6.07, 6.45) is 3.37. The first-order valence-corrected chi connectivity index (χ1v) is 3.93. The summed E-state index contributed by atoms with van der Waals surface area (Å²) in [4.78, 5) is 0. The van der Waals surface area contributed by atoms with Gasteiger partial charge in [0.2, 0.25) is 0 Å². The highest BCUT2D eigenvalue weighted by atomic mass is 35.5. The van der Waals surface area contributed by atoms with E-state index in [1.165, 1.54) is 6.20 Å². The van der Waals surface area contributed by atoms with Crippen LogP contribution in [0, 0.1) is 0 Å². The van der Waals surface area contributed by atoms with Gasteiger partial charge in [0, 0.05) is 5.88 Å². The largest absolute Gasteiger partial charge is 0.405 e. The lowest BCUT2D eigenvalue weighted by molar-refractivity contribution is 1.40. The van der Waals surface area contributed by atoms with E-state index in [2.05, 4.69) is 0 Å². The number of halogens is 1. The average Bonchev–Trinajstić information content (AvgIpc) is 2.07. The molecule has 58 valence electrons. The van der Waals surface area contributed by atoms with Crippen molar-refractivity contribution in [3.63, 3.8) is 0 Å². The third-order valence-corrected chi connectivity index (χ3v) is 1.73. The molecule has 0 aliphatic carbocycles. The monoisotopic (exact) mass is 167 g/mol. The van der Waals surface area contributed by atoms with Gasteiger partial charge in [-0.05, 0) is 23.4 Å². The van der Waals surface area contributed by atoms with Gasteiger partial charge in [-0.15, -0.1) is 11.6 Å². The fraction of sp³-hybridized carbons (Fsp3) is 0.111. The summed E-state index contributed by atoms with van der Waals surface area (Å²) < 4.78 is 0. The average molecular weight is 168 g/mol. The SMILES string of the molecule is NC=Cc1ccc(CCl)cc1. The molecule has 0 spiro atoms. The minimum atomic E-state index is 0.562. The maximum absolute atomic E-state index is 5.61. The molecule has 1 aromatic carbocycles. The molecule has 1 rings (SSSR count). The fourth-order valence-corrected chi connectivity index (χ4v) is 1.01. The zero-order valence-corrected chi connectivity index (χ0v) is 6.88. The molecular formula is C9H10ClN. The molecule has 0 heterocycles. The first kappa shape index (κ1) is 8.15. The summed E-state index contributed by atoms with van der Waals surface area (Å²) >= 11 is 5.61. The Labute approximate surface area is 71.5 Å². The lowest BCUT2D eigenvalue weighted by atomic mass is 10.1. The van der Waals surface area contributed by atoms with E-state index in [-0.39, 0.29) is 0 Å². The molecular weight excluding hydrogens is 158 g/mol. The van der Waals surface area contributed by atoms with Gasteiger partial charge in [-0.2, -0.15) is 0 Å². The number of nitrogens with two attached hydrogens (primary N) is 1. The van der Waals surface area contributed by atoms with Crippen LogP contribution in [0.4, 0.5) is 0 Å². The normalized spacial score (nSPS) is 10.6. The number of hydrogen-bond acceptors (Lipinski definition) is 1. The molecule has 0 unspecified atom stereocenters. The van der Waals surface area contributed by atoms with Crippen molar-refractivity contribution in [3.8, 4) is 0 Å². The van der Waals surface area contributed by atoms with Crippen LogP contribution in [0.15, 0.2) is 30.5 Å². The van der Waals surface area contributed by atoms with Gasteiger partial charge in [0.15, 0.2) is 0 Å². The van der Waals surface area contributed by atoms with Gasteiger partial charge in [0.05, 0.1) is 0 Å². The van der Waals surface area contributed by atoms with Gasteiger partial charge >= 0.3 is 0 Å². The molecule has 1 aromatic rings. The number of benzene rings is 1. The summed E-state index contributed by atoms with van der Waals surface area (Å²) in [7, 11) is 0. The van der Waals surface area contributed by atoms with Crippen LogP contribution in [0.25, 0.3) is 6.08 Å². The van der Waals surface area contributed by atoms with Crippen molar-refractivity contribution in [1.29, 1.82) is 0 Å². The van der Waals surface area contributed by atoms with E-state index in [0.717, 1.165) is 11.1 Å². The summed E-state index contributed by atoms with van der Waals surface area (Å²) in [5, 5.41) is 0. The summed E-state index contributed by atoms with van der Waals surface area (Å²) in [5.74, 6) is 0.562. The number of rotatable bonds is 2. The molecule has 0 aliphatic heterocycles. The summed E-state index contributed by atoms with van der Waals surface area (Å²) in [6, 6.07) is 7.95. The van der Waals surface area contributed by atoms with Crippen LogP contribution in [-0.2, 0) is 5.88 Å². The predicted molar refractivity (Wildman–Crippen MR) is 49.2 cm³/mol. The molecule has 2 N–H and O–H groups in total. The van der Waals surface area contributed by atoms with Crippen LogP contribution < -0.4 is 5.73 Å². The highest BCUT2D eigenvalue weighted by Gasteiger charge is 1.88. The summed E-state index contributed by atoms with van der Waals surface area (Å²) in [6.45, 7) is 0. The molecule has 1 nitrogen and oxygen atoms in total. The first-order valence-electron chi connectivity index (χ1n) is 3.40. The molecule has 0 bridgehead atoms. The maximum atomic E-state index is 5.61. The van der Waals surface area contributed by atoms with Crippen LogP contribution in [0.1, 0.15) is 11.1 Å². The third-order valence-electron chi connectivity index (χ3n) is 1.42. The van der Waals surface area contributed by atoms with Gasteiger partial charge in [0.1, 0.15) is 0 Å². The van der Waals surface area contributed by atoms with Gasteiger partial charge < -0.3 is 5.73 Å². The van der Waals surface area contributed by atoms with Crippen molar-refractivity contribution < 1.29 is 0 Å².